The van der Waals surface area contributed by atoms with Gasteiger partial charge in [0.1, 0.15) is 5.66 Å². The minimum absolute atomic E-state index is 0.177. The van der Waals surface area contributed by atoms with Gasteiger partial charge in [0.25, 0.3) is 0 Å². The Morgan fingerprint density at radius 1 is 0.909 bits per heavy atom. The molecule has 0 aliphatic carbocycles. The van der Waals surface area contributed by atoms with E-state index in [9.17, 15) is 0 Å². The zero-order valence-electron chi connectivity index (χ0n) is 13.4. The molecular weight excluding hydrogens is 314 g/mol. The van der Waals surface area contributed by atoms with Gasteiger partial charge < -0.3 is 10.6 Å². The highest BCUT2D eigenvalue weighted by atomic mass is 32.2. The first-order valence-corrected chi connectivity index (χ1v) is 11.0. The molecule has 22 heavy (non-hydrogen) atoms. The summed E-state index contributed by atoms with van der Waals surface area (Å²) in [5.41, 5.74) is 0.177. The first-order chi connectivity index (χ1) is 10.9. The molecule has 2 N–H and O–H groups in total. The van der Waals surface area contributed by atoms with Crippen LogP contribution in [0.25, 0.3) is 0 Å². The molecule has 0 aromatic rings. The minimum Gasteiger partial charge on any atom is -0.314 e. The maximum atomic E-state index is 3.84. The number of hydrogen-bond acceptors (Lipinski definition) is 7. The van der Waals surface area contributed by atoms with E-state index in [1.807, 2.05) is 0 Å². The predicted octanol–water partition coefficient (Wildman–Crippen LogP) is 0.310. The van der Waals surface area contributed by atoms with E-state index in [1.165, 1.54) is 69.4 Å². The molecule has 4 fully saturated rings. The van der Waals surface area contributed by atoms with E-state index in [2.05, 4.69) is 49.1 Å². The number of rotatable bonds is 3. The molecule has 2 atom stereocenters. The van der Waals surface area contributed by atoms with E-state index < -0.39 is 0 Å². The van der Waals surface area contributed by atoms with Gasteiger partial charge in [-0.25, -0.2) is 10.0 Å². The number of piperazine rings is 1. The summed E-state index contributed by atoms with van der Waals surface area (Å²) < 4.78 is 0. The fourth-order valence-corrected chi connectivity index (χ4v) is 7.05. The van der Waals surface area contributed by atoms with Crippen molar-refractivity contribution in [3.05, 3.63) is 0 Å². The van der Waals surface area contributed by atoms with Gasteiger partial charge in [0.05, 0.1) is 5.37 Å². The summed E-state index contributed by atoms with van der Waals surface area (Å²) >= 11 is 4.31. The fraction of sp³-hybridized carbons (Fsp3) is 1.00. The van der Waals surface area contributed by atoms with Gasteiger partial charge in [-0.1, -0.05) is 0 Å². The summed E-state index contributed by atoms with van der Waals surface area (Å²) in [7, 11) is 0. The SMILES string of the molecule is C1CCN(N2CCSCC2(C2NCCS2)N2CCNCC2)C1. The third-order valence-electron chi connectivity index (χ3n) is 5.43. The average Bonchev–Trinajstić information content (AvgIpc) is 3.29. The molecule has 7 heteroatoms. The van der Waals surface area contributed by atoms with E-state index in [0.29, 0.717) is 5.37 Å². The molecule has 0 radical (unpaired) electrons. The second kappa shape index (κ2) is 7.17. The van der Waals surface area contributed by atoms with Crippen LogP contribution in [-0.4, -0.2) is 95.6 Å². The molecule has 2 unspecified atom stereocenters. The van der Waals surface area contributed by atoms with E-state index in [4.69, 9.17) is 0 Å². The highest BCUT2D eigenvalue weighted by Crippen LogP contribution is 2.40. The number of nitrogens with one attached hydrogen (secondary N) is 2. The largest absolute Gasteiger partial charge is 0.314 e. The second-order valence-corrected chi connectivity index (χ2v) is 8.98. The standard InChI is InChI=1S/C15H29N5S2/c1-2-7-19(6-1)20-10-12-21-13-15(20,14-17-5-11-22-14)18-8-3-16-4-9-18/h14,16-17H,1-13H2. The molecule has 4 heterocycles. The van der Waals surface area contributed by atoms with Crippen LogP contribution in [0.4, 0.5) is 0 Å². The van der Waals surface area contributed by atoms with Crippen LogP contribution in [0.1, 0.15) is 12.8 Å². The van der Waals surface area contributed by atoms with Crippen molar-refractivity contribution in [2.75, 3.05) is 69.6 Å². The summed E-state index contributed by atoms with van der Waals surface area (Å²) in [6.45, 7) is 9.55. The van der Waals surface area contributed by atoms with Crippen LogP contribution in [0.2, 0.25) is 0 Å². The van der Waals surface area contributed by atoms with E-state index in [1.54, 1.807) is 0 Å². The van der Waals surface area contributed by atoms with Crippen LogP contribution >= 0.6 is 23.5 Å². The van der Waals surface area contributed by atoms with Gasteiger partial charge in [-0.3, -0.25) is 4.90 Å². The van der Waals surface area contributed by atoms with Crippen LogP contribution in [-0.2, 0) is 0 Å². The Hall–Kier alpha value is 0.500. The topological polar surface area (TPSA) is 33.8 Å². The first kappa shape index (κ1) is 16.0. The van der Waals surface area contributed by atoms with E-state index >= 15 is 0 Å². The number of hydrogen-bond donors (Lipinski definition) is 2. The summed E-state index contributed by atoms with van der Waals surface area (Å²) in [6.07, 6.45) is 2.74. The first-order valence-electron chi connectivity index (χ1n) is 8.82. The molecule has 0 bridgehead atoms. The molecule has 4 aliphatic heterocycles. The number of thioether (sulfide) groups is 2. The molecule has 126 valence electrons. The predicted molar refractivity (Wildman–Crippen MR) is 96.3 cm³/mol. The lowest BCUT2D eigenvalue weighted by molar-refractivity contribution is -0.163. The average molecular weight is 344 g/mol. The number of hydrazine groups is 1. The van der Waals surface area contributed by atoms with Gasteiger partial charge in [-0.2, -0.15) is 11.8 Å². The number of nitrogens with zero attached hydrogens (tertiary/aromatic N) is 3. The Balaban J connectivity index is 1.65. The van der Waals surface area contributed by atoms with Crippen LogP contribution in [0, 0.1) is 0 Å². The Bertz CT molecular complexity index is 367. The monoisotopic (exact) mass is 343 g/mol. The Labute approximate surface area is 142 Å². The molecule has 0 spiro atoms. The van der Waals surface area contributed by atoms with Crippen molar-refractivity contribution in [1.82, 2.24) is 25.6 Å². The lowest BCUT2D eigenvalue weighted by Gasteiger charge is -2.58. The summed E-state index contributed by atoms with van der Waals surface area (Å²) in [5, 5.41) is 13.4. The molecule has 4 saturated heterocycles. The molecule has 0 saturated carbocycles. The lowest BCUT2D eigenvalue weighted by atomic mass is 10.1. The highest BCUT2D eigenvalue weighted by molar-refractivity contribution is 8.00. The van der Waals surface area contributed by atoms with Crippen molar-refractivity contribution in [3.8, 4) is 0 Å². The van der Waals surface area contributed by atoms with Gasteiger partial charge in [-0.15, -0.1) is 11.8 Å². The van der Waals surface area contributed by atoms with Crippen molar-refractivity contribution in [1.29, 1.82) is 0 Å². The fourth-order valence-electron chi connectivity index (χ4n) is 4.38. The van der Waals surface area contributed by atoms with E-state index in [-0.39, 0.29) is 5.66 Å². The van der Waals surface area contributed by atoms with Crippen LogP contribution < -0.4 is 10.6 Å². The van der Waals surface area contributed by atoms with Crippen LogP contribution in [0.15, 0.2) is 0 Å². The molecule has 0 aromatic heterocycles. The van der Waals surface area contributed by atoms with Crippen molar-refractivity contribution in [3.63, 3.8) is 0 Å². The smallest absolute Gasteiger partial charge is 0.121 e. The maximum Gasteiger partial charge on any atom is 0.121 e. The van der Waals surface area contributed by atoms with Crippen molar-refractivity contribution in [2.45, 2.75) is 23.9 Å². The van der Waals surface area contributed by atoms with Crippen LogP contribution in [0.5, 0.6) is 0 Å². The van der Waals surface area contributed by atoms with Gasteiger partial charge in [0, 0.05) is 69.6 Å². The Morgan fingerprint density at radius 2 is 1.73 bits per heavy atom. The molecular formula is C15H29N5S2. The lowest BCUT2D eigenvalue weighted by Crippen LogP contribution is -2.76. The van der Waals surface area contributed by atoms with Crippen LogP contribution in [0.3, 0.4) is 0 Å². The molecule has 4 rings (SSSR count). The molecule has 0 aromatic carbocycles. The van der Waals surface area contributed by atoms with Gasteiger partial charge >= 0.3 is 0 Å². The van der Waals surface area contributed by atoms with Gasteiger partial charge in [0.2, 0.25) is 0 Å². The van der Waals surface area contributed by atoms with Crippen molar-refractivity contribution in [2.24, 2.45) is 0 Å². The second-order valence-electron chi connectivity index (χ2n) is 6.66. The Kier molecular flexibility index (Phi) is 5.21. The summed E-state index contributed by atoms with van der Waals surface area (Å²) in [5.74, 6) is 3.78. The Morgan fingerprint density at radius 3 is 2.45 bits per heavy atom. The zero-order chi connectivity index (χ0) is 14.8. The third kappa shape index (κ3) is 2.83. The van der Waals surface area contributed by atoms with Gasteiger partial charge in [0.15, 0.2) is 0 Å². The maximum absolute atomic E-state index is 3.84. The third-order valence-corrected chi connectivity index (χ3v) is 7.85. The molecule has 4 aliphatic rings. The highest BCUT2D eigenvalue weighted by Gasteiger charge is 2.53. The van der Waals surface area contributed by atoms with Crippen molar-refractivity contribution >= 4 is 23.5 Å². The summed E-state index contributed by atoms with van der Waals surface area (Å²) in [6, 6.07) is 0. The minimum atomic E-state index is 0.177. The quantitative estimate of drug-likeness (QED) is 0.763. The van der Waals surface area contributed by atoms with E-state index in [0.717, 1.165) is 13.1 Å². The van der Waals surface area contributed by atoms with Gasteiger partial charge in [-0.05, 0) is 12.8 Å². The van der Waals surface area contributed by atoms with Crippen molar-refractivity contribution < 1.29 is 0 Å². The molecule has 0 amide bonds. The zero-order valence-corrected chi connectivity index (χ0v) is 15.1. The molecule has 5 nitrogen and oxygen atoms in total. The summed E-state index contributed by atoms with van der Waals surface area (Å²) in [4.78, 5) is 2.80. The normalized spacial score (nSPS) is 39.5.